The lowest BCUT2D eigenvalue weighted by Crippen LogP contribution is -2.51. The molecule has 1 aliphatic rings. The molecule has 1 aliphatic heterocycles. The third-order valence-electron chi connectivity index (χ3n) is 3.55. The van der Waals surface area contributed by atoms with Gasteiger partial charge >= 0.3 is 0 Å². The van der Waals surface area contributed by atoms with Gasteiger partial charge in [-0.05, 0) is 19.3 Å². The van der Waals surface area contributed by atoms with Crippen LogP contribution in [0, 0.1) is 17.2 Å². The fraction of sp³-hybridized carbons (Fsp3) is 0.857. The molecule has 0 saturated carbocycles. The van der Waals surface area contributed by atoms with Crippen LogP contribution < -0.4 is 5.32 Å². The first kappa shape index (κ1) is 15.9. The summed E-state index contributed by atoms with van der Waals surface area (Å²) in [6.45, 7) is 10.9. The predicted octanol–water partition coefficient (Wildman–Crippen LogP) is 0.678. The molecular formula is C14H26N4O. The zero-order chi connectivity index (χ0) is 14.3. The third kappa shape index (κ3) is 6.04. The monoisotopic (exact) mass is 266 g/mol. The van der Waals surface area contributed by atoms with Crippen molar-refractivity contribution >= 4 is 5.91 Å². The molecule has 1 amide bonds. The van der Waals surface area contributed by atoms with Crippen molar-refractivity contribution in [2.24, 2.45) is 5.92 Å². The minimum absolute atomic E-state index is 0.0259. The largest absolute Gasteiger partial charge is 0.355 e. The molecule has 5 nitrogen and oxygen atoms in total. The molecule has 0 aromatic carbocycles. The van der Waals surface area contributed by atoms with Gasteiger partial charge in [0, 0.05) is 32.7 Å². The van der Waals surface area contributed by atoms with Gasteiger partial charge in [0.2, 0.25) is 5.91 Å². The Morgan fingerprint density at radius 2 is 1.89 bits per heavy atom. The van der Waals surface area contributed by atoms with Crippen molar-refractivity contribution in [3.63, 3.8) is 0 Å². The van der Waals surface area contributed by atoms with Gasteiger partial charge in [-0.3, -0.25) is 14.6 Å². The molecule has 0 bridgehead atoms. The lowest BCUT2D eigenvalue weighted by molar-refractivity contribution is -0.122. The van der Waals surface area contributed by atoms with Crippen LogP contribution in [0.3, 0.4) is 0 Å². The Kier molecular flexibility index (Phi) is 6.82. The standard InChI is InChI=1S/C14H26N4O/c1-12(2)4-5-16-14(19)11-17-6-8-18(9-7-17)13(3)10-15/h12-13H,4-9,11H2,1-3H3,(H,16,19). The van der Waals surface area contributed by atoms with E-state index in [1.807, 2.05) is 6.92 Å². The molecule has 1 fully saturated rings. The number of nitriles is 1. The van der Waals surface area contributed by atoms with Gasteiger partial charge < -0.3 is 5.32 Å². The summed E-state index contributed by atoms with van der Waals surface area (Å²) in [5.41, 5.74) is 0. The maximum atomic E-state index is 11.7. The van der Waals surface area contributed by atoms with Crippen molar-refractivity contribution < 1.29 is 4.79 Å². The number of amides is 1. The van der Waals surface area contributed by atoms with E-state index in [9.17, 15) is 4.79 Å². The van der Waals surface area contributed by atoms with Crippen LogP contribution in [0.5, 0.6) is 0 Å². The van der Waals surface area contributed by atoms with Gasteiger partial charge in [0.1, 0.15) is 0 Å². The molecule has 108 valence electrons. The normalized spacial score (nSPS) is 19.1. The smallest absolute Gasteiger partial charge is 0.234 e. The lowest BCUT2D eigenvalue weighted by atomic mass is 10.1. The first-order valence-electron chi connectivity index (χ1n) is 7.15. The van der Waals surface area contributed by atoms with Crippen molar-refractivity contribution in [3.05, 3.63) is 0 Å². The number of carbonyl (C=O) groups is 1. The number of hydrogen-bond acceptors (Lipinski definition) is 4. The molecule has 1 atom stereocenters. The van der Waals surface area contributed by atoms with E-state index in [1.54, 1.807) is 0 Å². The molecule has 0 aliphatic carbocycles. The van der Waals surface area contributed by atoms with Gasteiger partial charge in [0.15, 0.2) is 0 Å². The Hall–Kier alpha value is -1.12. The topological polar surface area (TPSA) is 59.4 Å². The van der Waals surface area contributed by atoms with Crippen molar-refractivity contribution in [2.75, 3.05) is 39.3 Å². The fourth-order valence-electron chi connectivity index (χ4n) is 2.15. The number of nitrogens with one attached hydrogen (secondary N) is 1. The molecule has 0 radical (unpaired) electrons. The van der Waals surface area contributed by atoms with E-state index in [0.29, 0.717) is 12.5 Å². The maximum Gasteiger partial charge on any atom is 0.234 e. The van der Waals surface area contributed by atoms with Gasteiger partial charge in [-0.25, -0.2) is 0 Å². The van der Waals surface area contributed by atoms with Gasteiger partial charge in [0.25, 0.3) is 0 Å². The summed E-state index contributed by atoms with van der Waals surface area (Å²) in [5.74, 6) is 0.735. The highest BCUT2D eigenvalue weighted by atomic mass is 16.2. The Morgan fingerprint density at radius 1 is 1.26 bits per heavy atom. The minimum atomic E-state index is -0.0259. The van der Waals surface area contributed by atoms with Crippen LogP contribution in [0.15, 0.2) is 0 Å². The highest BCUT2D eigenvalue weighted by molar-refractivity contribution is 5.77. The van der Waals surface area contributed by atoms with E-state index in [1.165, 1.54) is 0 Å². The maximum absolute atomic E-state index is 11.7. The third-order valence-corrected chi connectivity index (χ3v) is 3.55. The SMILES string of the molecule is CC(C)CCNC(=O)CN1CCN(C(C)C#N)CC1. The van der Waals surface area contributed by atoms with Crippen LogP contribution >= 0.6 is 0 Å². The second-order valence-corrected chi connectivity index (χ2v) is 5.65. The molecular weight excluding hydrogens is 240 g/mol. The second-order valence-electron chi connectivity index (χ2n) is 5.65. The summed E-state index contributed by atoms with van der Waals surface area (Å²) in [6, 6.07) is 2.23. The van der Waals surface area contributed by atoms with E-state index in [2.05, 4.69) is 35.0 Å². The van der Waals surface area contributed by atoms with Crippen LogP contribution in [-0.2, 0) is 4.79 Å². The van der Waals surface area contributed by atoms with Crippen LogP contribution in [0.25, 0.3) is 0 Å². The van der Waals surface area contributed by atoms with E-state index in [4.69, 9.17) is 5.26 Å². The first-order valence-corrected chi connectivity index (χ1v) is 7.15. The summed E-state index contributed by atoms with van der Waals surface area (Å²) >= 11 is 0. The van der Waals surface area contributed by atoms with E-state index in [-0.39, 0.29) is 11.9 Å². The van der Waals surface area contributed by atoms with E-state index < -0.39 is 0 Å². The average molecular weight is 266 g/mol. The summed E-state index contributed by atoms with van der Waals surface area (Å²) in [7, 11) is 0. The molecule has 0 spiro atoms. The molecule has 1 unspecified atom stereocenters. The first-order chi connectivity index (χ1) is 9.02. The zero-order valence-corrected chi connectivity index (χ0v) is 12.4. The average Bonchev–Trinajstić information content (AvgIpc) is 2.38. The van der Waals surface area contributed by atoms with Crippen molar-refractivity contribution in [2.45, 2.75) is 33.2 Å². The van der Waals surface area contributed by atoms with Crippen molar-refractivity contribution in [1.29, 1.82) is 5.26 Å². The van der Waals surface area contributed by atoms with Gasteiger partial charge in [-0.2, -0.15) is 5.26 Å². The van der Waals surface area contributed by atoms with Crippen LogP contribution in [0.2, 0.25) is 0 Å². The number of carbonyl (C=O) groups excluding carboxylic acids is 1. The molecule has 1 N–H and O–H groups in total. The molecule has 5 heteroatoms. The quantitative estimate of drug-likeness (QED) is 0.768. The van der Waals surface area contributed by atoms with Crippen LogP contribution in [0.1, 0.15) is 27.2 Å². The molecule has 1 rings (SSSR count). The van der Waals surface area contributed by atoms with E-state index >= 15 is 0 Å². The highest BCUT2D eigenvalue weighted by Crippen LogP contribution is 2.05. The van der Waals surface area contributed by atoms with Gasteiger partial charge in [0.05, 0.1) is 18.7 Å². The Bertz CT molecular complexity index is 316. The number of hydrogen-bond donors (Lipinski definition) is 1. The Labute approximate surface area is 116 Å². The molecule has 19 heavy (non-hydrogen) atoms. The minimum Gasteiger partial charge on any atom is -0.355 e. The molecule has 1 heterocycles. The second kappa shape index (κ2) is 8.13. The van der Waals surface area contributed by atoms with Crippen molar-refractivity contribution in [1.82, 2.24) is 15.1 Å². The van der Waals surface area contributed by atoms with Crippen LogP contribution in [0.4, 0.5) is 0 Å². The molecule has 0 aromatic heterocycles. The van der Waals surface area contributed by atoms with E-state index in [0.717, 1.165) is 39.1 Å². The zero-order valence-electron chi connectivity index (χ0n) is 12.4. The lowest BCUT2D eigenvalue weighted by Gasteiger charge is -2.35. The number of piperazine rings is 1. The Morgan fingerprint density at radius 3 is 2.42 bits per heavy atom. The predicted molar refractivity (Wildman–Crippen MR) is 75.6 cm³/mol. The number of rotatable bonds is 6. The van der Waals surface area contributed by atoms with Crippen LogP contribution in [-0.4, -0.2) is 61.0 Å². The van der Waals surface area contributed by atoms with Gasteiger partial charge in [-0.1, -0.05) is 13.8 Å². The molecule has 0 aromatic rings. The summed E-state index contributed by atoms with van der Waals surface area (Å²) in [6.07, 6.45) is 1.03. The molecule has 1 saturated heterocycles. The highest BCUT2D eigenvalue weighted by Gasteiger charge is 2.21. The summed E-state index contributed by atoms with van der Waals surface area (Å²) in [5, 5.41) is 11.8. The summed E-state index contributed by atoms with van der Waals surface area (Å²) < 4.78 is 0. The number of nitrogens with zero attached hydrogens (tertiary/aromatic N) is 3. The fourth-order valence-corrected chi connectivity index (χ4v) is 2.15. The summed E-state index contributed by atoms with van der Waals surface area (Å²) in [4.78, 5) is 16.1. The Balaban J connectivity index is 2.18. The van der Waals surface area contributed by atoms with Crippen molar-refractivity contribution in [3.8, 4) is 6.07 Å². The van der Waals surface area contributed by atoms with Gasteiger partial charge in [-0.15, -0.1) is 0 Å².